The highest BCUT2D eigenvalue weighted by Gasteiger charge is 2.20. The normalized spacial score (nSPS) is 26.3. The number of hydrogen-bond donors (Lipinski definition) is 1. The van der Waals surface area contributed by atoms with E-state index in [1.54, 1.807) is 0 Å². The fourth-order valence-corrected chi connectivity index (χ4v) is 2.30. The fraction of sp³-hybridized carbons (Fsp3) is 0.615. The Morgan fingerprint density at radius 3 is 2.73 bits per heavy atom. The van der Waals surface area contributed by atoms with E-state index in [1.165, 1.54) is 31.4 Å². The Morgan fingerprint density at radius 2 is 2.07 bits per heavy atom. The third kappa shape index (κ3) is 2.71. The summed E-state index contributed by atoms with van der Waals surface area (Å²) in [4.78, 5) is 4.31. The number of anilines is 1. The van der Waals surface area contributed by atoms with Crippen molar-refractivity contribution >= 4 is 5.69 Å². The van der Waals surface area contributed by atoms with E-state index in [0.29, 0.717) is 6.04 Å². The smallest absolute Gasteiger partial charge is 0.0529 e. The molecule has 2 atom stereocenters. The second-order valence-electron chi connectivity index (χ2n) is 4.70. The SMILES string of the molecule is Cc1ccc(NC2CCCCC2C)cn1. The van der Waals surface area contributed by atoms with Gasteiger partial charge in [0.25, 0.3) is 0 Å². The highest BCUT2D eigenvalue weighted by Crippen LogP contribution is 2.26. The predicted octanol–water partition coefficient (Wildman–Crippen LogP) is 3.38. The molecular formula is C13H20N2. The van der Waals surface area contributed by atoms with Crippen LogP contribution in [0.1, 0.15) is 38.3 Å². The molecule has 2 heteroatoms. The van der Waals surface area contributed by atoms with E-state index in [2.05, 4.69) is 29.4 Å². The van der Waals surface area contributed by atoms with Crippen LogP contribution in [0.25, 0.3) is 0 Å². The van der Waals surface area contributed by atoms with E-state index >= 15 is 0 Å². The molecule has 0 amide bonds. The molecule has 1 saturated carbocycles. The summed E-state index contributed by atoms with van der Waals surface area (Å²) in [6, 6.07) is 4.84. The van der Waals surface area contributed by atoms with Gasteiger partial charge in [0, 0.05) is 11.7 Å². The first-order valence-electron chi connectivity index (χ1n) is 5.95. The Labute approximate surface area is 92.1 Å². The molecule has 2 nitrogen and oxygen atoms in total. The molecule has 0 spiro atoms. The number of hydrogen-bond acceptors (Lipinski definition) is 2. The molecule has 1 aliphatic rings. The van der Waals surface area contributed by atoms with Crippen LogP contribution in [0.4, 0.5) is 5.69 Å². The van der Waals surface area contributed by atoms with Gasteiger partial charge in [-0.3, -0.25) is 4.98 Å². The van der Waals surface area contributed by atoms with E-state index in [0.717, 1.165) is 11.6 Å². The highest BCUT2D eigenvalue weighted by atomic mass is 14.9. The van der Waals surface area contributed by atoms with E-state index in [-0.39, 0.29) is 0 Å². The number of pyridine rings is 1. The molecule has 0 aromatic carbocycles. The number of aromatic nitrogens is 1. The molecule has 1 heterocycles. The first-order valence-corrected chi connectivity index (χ1v) is 5.95. The molecule has 2 rings (SSSR count). The van der Waals surface area contributed by atoms with Crippen LogP contribution in [0.15, 0.2) is 18.3 Å². The average molecular weight is 204 g/mol. The van der Waals surface area contributed by atoms with E-state index < -0.39 is 0 Å². The van der Waals surface area contributed by atoms with Crippen molar-refractivity contribution in [3.63, 3.8) is 0 Å². The van der Waals surface area contributed by atoms with Gasteiger partial charge in [-0.05, 0) is 37.8 Å². The van der Waals surface area contributed by atoms with Crippen molar-refractivity contribution in [1.82, 2.24) is 4.98 Å². The van der Waals surface area contributed by atoms with Crippen molar-refractivity contribution in [3.05, 3.63) is 24.0 Å². The largest absolute Gasteiger partial charge is 0.381 e. The van der Waals surface area contributed by atoms with Gasteiger partial charge in [-0.2, -0.15) is 0 Å². The first kappa shape index (κ1) is 10.5. The fourth-order valence-electron chi connectivity index (χ4n) is 2.30. The summed E-state index contributed by atoms with van der Waals surface area (Å²) in [5.41, 5.74) is 2.25. The van der Waals surface area contributed by atoms with Crippen molar-refractivity contribution in [2.24, 2.45) is 5.92 Å². The Bertz CT molecular complexity index is 305. The molecule has 0 radical (unpaired) electrons. The van der Waals surface area contributed by atoms with Crippen molar-refractivity contribution in [2.75, 3.05) is 5.32 Å². The summed E-state index contributed by atoms with van der Waals surface area (Å²) in [5, 5.41) is 3.60. The van der Waals surface area contributed by atoms with E-state index in [1.807, 2.05) is 13.1 Å². The van der Waals surface area contributed by atoms with Crippen LogP contribution in [0, 0.1) is 12.8 Å². The van der Waals surface area contributed by atoms with Gasteiger partial charge >= 0.3 is 0 Å². The molecule has 2 unspecified atom stereocenters. The number of aryl methyl sites for hydroxylation is 1. The lowest BCUT2D eigenvalue weighted by Crippen LogP contribution is -2.30. The molecule has 1 fully saturated rings. The maximum atomic E-state index is 4.31. The molecule has 1 N–H and O–H groups in total. The van der Waals surface area contributed by atoms with Gasteiger partial charge in [-0.1, -0.05) is 19.8 Å². The van der Waals surface area contributed by atoms with Crippen LogP contribution in [-0.4, -0.2) is 11.0 Å². The monoisotopic (exact) mass is 204 g/mol. The first-order chi connectivity index (χ1) is 7.25. The topological polar surface area (TPSA) is 24.9 Å². The van der Waals surface area contributed by atoms with Crippen molar-refractivity contribution in [1.29, 1.82) is 0 Å². The quantitative estimate of drug-likeness (QED) is 0.798. The van der Waals surface area contributed by atoms with Crippen LogP contribution >= 0.6 is 0 Å². The number of nitrogens with zero attached hydrogens (tertiary/aromatic N) is 1. The van der Waals surface area contributed by atoms with Crippen LogP contribution in [-0.2, 0) is 0 Å². The summed E-state index contributed by atoms with van der Waals surface area (Å²) in [5.74, 6) is 0.792. The lowest BCUT2D eigenvalue weighted by molar-refractivity contribution is 0.349. The lowest BCUT2D eigenvalue weighted by atomic mass is 9.86. The van der Waals surface area contributed by atoms with Crippen LogP contribution < -0.4 is 5.32 Å². The van der Waals surface area contributed by atoms with Crippen molar-refractivity contribution in [3.8, 4) is 0 Å². The van der Waals surface area contributed by atoms with Crippen molar-refractivity contribution < 1.29 is 0 Å². The summed E-state index contributed by atoms with van der Waals surface area (Å²) in [7, 11) is 0. The number of rotatable bonds is 2. The molecule has 82 valence electrons. The van der Waals surface area contributed by atoms with Gasteiger partial charge in [0.05, 0.1) is 11.9 Å². The minimum Gasteiger partial charge on any atom is -0.381 e. The summed E-state index contributed by atoms with van der Waals surface area (Å²) < 4.78 is 0. The van der Waals surface area contributed by atoms with Gasteiger partial charge in [0.2, 0.25) is 0 Å². The maximum absolute atomic E-state index is 4.31. The molecule has 15 heavy (non-hydrogen) atoms. The standard InChI is InChI=1S/C13H20N2/c1-10-5-3-4-6-13(10)15-12-8-7-11(2)14-9-12/h7-10,13,15H,3-6H2,1-2H3. The van der Waals surface area contributed by atoms with Gasteiger partial charge < -0.3 is 5.32 Å². The summed E-state index contributed by atoms with van der Waals surface area (Å²) >= 11 is 0. The molecule has 0 bridgehead atoms. The Kier molecular flexibility index (Phi) is 3.24. The molecule has 1 aromatic rings. The van der Waals surface area contributed by atoms with Crippen LogP contribution in [0.3, 0.4) is 0 Å². The average Bonchev–Trinajstić information content (AvgIpc) is 2.25. The summed E-state index contributed by atoms with van der Waals surface area (Å²) in [6.45, 7) is 4.37. The Hall–Kier alpha value is -1.05. The van der Waals surface area contributed by atoms with E-state index in [4.69, 9.17) is 0 Å². The molecule has 0 saturated heterocycles. The van der Waals surface area contributed by atoms with Crippen molar-refractivity contribution in [2.45, 2.75) is 45.6 Å². The second kappa shape index (κ2) is 4.65. The Morgan fingerprint density at radius 1 is 1.27 bits per heavy atom. The lowest BCUT2D eigenvalue weighted by Gasteiger charge is -2.30. The van der Waals surface area contributed by atoms with Gasteiger partial charge in [0.15, 0.2) is 0 Å². The second-order valence-corrected chi connectivity index (χ2v) is 4.70. The predicted molar refractivity (Wildman–Crippen MR) is 64.0 cm³/mol. The van der Waals surface area contributed by atoms with Crippen LogP contribution in [0.2, 0.25) is 0 Å². The van der Waals surface area contributed by atoms with E-state index in [9.17, 15) is 0 Å². The minimum atomic E-state index is 0.642. The van der Waals surface area contributed by atoms with Gasteiger partial charge in [-0.15, -0.1) is 0 Å². The summed E-state index contributed by atoms with van der Waals surface area (Å²) in [6.07, 6.45) is 7.36. The molecule has 1 aromatic heterocycles. The third-order valence-electron chi connectivity index (χ3n) is 3.37. The third-order valence-corrected chi connectivity index (χ3v) is 3.37. The molecular weight excluding hydrogens is 184 g/mol. The zero-order valence-corrected chi connectivity index (χ0v) is 9.66. The Balaban J connectivity index is 1.98. The van der Waals surface area contributed by atoms with Gasteiger partial charge in [0.1, 0.15) is 0 Å². The van der Waals surface area contributed by atoms with Crippen LogP contribution in [0.5, 0.6) is 0 Å². The van der Waals surface area contributed by atoms with Gasteiger partial charge in [-0.25, -0.2) is 0 Å². The number of nitrogens with one attached hydrogen (secondary N) is 1. The molecule has 1 aliphatic carbocycles. The zero-order valence-electron chi connectivity index (χ0n) is 9.66. The maximum Gasteiger partial charge on any atom is 0.0529 e. The minimum absolute atomic E-state index is 0.642. The zero-order chi connectivity index (χ0) is 10.7. The highest BCUT2D eigenvalue weighted by molar-refractivity contribution is 5.42. The molecule has 0 aliphatic heterocycles.